The first kappa shape index (κ1) is 26.6. The lowest BCUT2D eigenvalue weighted by atomic mass is 9.79. The molecule has 3 aromatic carbocycles. The monoisotopic (exact) mass is 524 g/mol. The molecule has 1 atom stereocenters. The van der Waals surface area contributed by atoms with Gasteiger partial charge in [0.15, 0.2) is 8.32 Å². The first-order valence-electron chi connectivity index (χ1n) is 13.8. The Morgan fingerprint density at radius 2 is 1.39 bits per heavy atom. The summed E-state index contributed by atoms with van der Waals surface area (Å²) in [5.41, 5.74) is 6.72. The summed E-state index contributed by atoms with van der Waals surface area (Å²) in [7, 11) is -2.22. The maximum Gasteiger partial charge on any atom is 0.278 e. The number of hydrogen-bond acceptors (Lipinski definition) is 2. The smallest absolute Gasteiger partial charge is 0.278 e. The van der Waals surface area contributed by atoms with E-state index in [0.29, 0.717) is 0 Å². The van der Waals surface area contributed by atoms with E-state index in [1.165, 1.54) is 33.5 Å². The van der Waals surface area contributed by atoms with Crippen LogP contribution in [0.15, 0.2) is 79.1 Å². The molecule has 1 aliphatic rings. The van der Waals surface area contributed by atoms with E-state index in [-0.39, 0.29) is 11.1 Å². The van der Waals surface area contributed by atoms with E-state index in [1.54, 1.807) is 0 Å². The van der Waals surface area contributed by atoms with Gasteiger partial charge in [0.2, 0.25) is 6.33 Å². The highest BCUT2D eigenvalue weighted by atomic mass is 28.4. The predicted octanol–water partition coefficient (Wildman–Crippen LogP) is 7.54. The second kappa shape index (κ2) is 9.62. The van der Waals surface area contributed by atoms with E-state index < -0.39 is 13.9 Å². The van der Waals surface area contributed by atoms with Gasteiger partial charge in [-0.1, -0.05) is 104 Å². The third kappa shape index (κ3) is 4.46. The molecule has 0 aliphatic carbocycles. The molecule has 0 spiro atoms. The molecule has 0 saturated heterocycles. The molecule has 0 bridgehead atoms. The van der Waals surface area contributed by atoms with Crippen LogP contribution in [-0.4, -0.2) is 18.1 Å². The Labute approximate surface area is 229 Å². The zero-order valence-electron chi connectivity index (χ0n) is 24.2. The molecule has 4 nitrogen and oxygen atoms in total. The molecular formula is C33H42N3OSi+. The maximum absolute atomic E-state index is 7.66. The van der Waals surface area contributed by atoms with Crippen molar-refractivity contribution in [1.82, 2.24) is 9.78 Å². The minimum atomic E-state index is -2.22. The van der Waals surface area contributed by atoms with Gasteiger partial charge >= 0.3 is 0 Å². The van der Waals surface area contributed by atoms with Crippen molar-refractivity contribution >= 4 is 8.32 Å². The van der Waals surface area contributed by atoms with Gasteiger partial charge in [-0.3, -0.25) is 0 Å². The Morgan fingerprint density at radius 1 is 0.868 bits per heavy atom. The molecule has 38 heavy (non-hydrogen) atoms. The number of aryl methyl sites for hydroxylation is 4. The van der Waals surface area contributed by atoms with Crippen LogP contribution < -0.4 is 4.57 Å². The van der Waals surface area contributed by atoms with Gasteiger partial charge in [0, 0.05) is 11.5 Å². The summed E-state index contributed by atoms with van der Waals surface area (Å²) >= 11 is 0. The largest absolute Gasteiger partial charge is 0.400 e. The third-order valence-corrected chi connectivity index (χ3v) is 13.1. The number of hydrogen-bond donors (Lipinski definition) is 0. The van der Waals surface area contributed by atoms with E-state index in [0.717, 1.165) is 18.7 Å². The van der Waals surface area contributed by atoms with Crippen LogP contribution >= 0.6 is 0 Å². The third-order valence-electron chi connectivity index (χ3n) is 8.69. The van der Waals surface area contributed by atoms with E-state index in [4.69, 9.17) is 9.52 Å². The zero-order chi connectivity index (χ0) is 27.3. The Bertz CT molecular complexity index is 1370. The van der Waals surface area contributed by atoms with Crippen LogP contribution in [0.3, 0.4) is 0 Å². The second-order valence-corrected chi connectivity index (χ2v) is 17.2. The van der Waals surface area contributed by atoms with Gasteiger partial charge in [0.1, 0.15) is 17.3 Å². The van der Waals surface area contributed by atoms with Crippen molar-refractivity contribution in [2.45, 2.75) is 84.2 Å². The van der Waals surface area contributed by atoms with Crippen molar-refractivity contribution in [1.29, 1.82) is 0 Å². The van der Waals surface area contributed by atoms with Gasteiger partial charge in [-0.25, -0.2) is 4.57 Å². The molecule has 2 heterocycles. The fraction of sp³-hybridized carbons (Fsp3) is 0.394. The average Bonchev–Trinajstić information content (AvgIpc) is 3.43. The van der Waals surface area contributed by atoms with Crippen LogP contribution in [0.5, 0.6) is 0 Å². The molecular weight excluding hydrogens is 482 g/mol. The Hall–Kier alpha value is -3.02. The van der Waals surface area contributed by atoms with E-state index in [1.807, 2.05) is 0 Å². The Morgan fingerprint density at radius 3 is 1.89 bits per heavy atom. The van der Waals surface area contributed by atoms with Crippen molar-refractivity contribution in [2.24, 2.45) is 0 Å². The van der Waals surface area contributed by atoms with E-state index >= 15 is 0 Å². The van der Waals surface area contributed by atoms with Crippen LogP contribution in [-0.2, 0) is 16.4 Å². The molecule has 4 aromatic rings. The fourth-order valence-corrected chi connectivity index (χ4v) is 7.42. The second-order valence-electron chi connectivity index (χ2n) is 12.5. The lowest BCUT2D eigenvalue weighted by Crippen LogP contribution is -2.57. The zero-order valence-corrected chi connectivity index (χ0v) is 25.2. The Balaban J connectivity index is 1.74. The maximum atomic E-state index is 7.66. The quantitative estimate of drug-likeness (QED) is 0.193. The number of rotatable bonds is 6. The summed E-state index contributed by atoms with van der Waals surface area (Å²) in [6.45, 7) is 18.2. The molecule has 0 saturated carbocycles. The standard InChI is InChI=1S/C33H42N3OSi/c1-24-21-25(2)31(26(3)22-24)36-23-35-29(19-20-30(35)34-36)33(27-15-11-9-12-16-27,28-17-13-10-14-18-28)37-38(7,8)32(4,5)6/h9-18,21-23,29H,19-20H2,1-8H3/q+1. The SMILES string of the molecule is Cc1cc(C)c(-n2c[n+]3c(n2)CCC3C(O[Si](C)(C)C(C)(C)C)(c2ccccc2)c2ccccc2)c(C)c1. The Kier molecular flexibility index (Phi) is 6.73. The molecule has 5 rings (SSSR count). The van der Waals surface area contributed by atoms with Gasteiger partial charge in [0.05, 0.1) is 0 Å². The molecule has 0 amide bonds. The minimum Gasteiger partial charge on any atom is -0.400 e. The normalized spacial score (nSPS) is 16.1. The fourth-order valence-electron chi connectivity index (χ4n) is 5.94. The minimum absolute atomic E-state index is 0.0637. The van der Waals surface area contributed by atoms with Gasteiger partial charge in [-0.15, -0.1) is 0 Å². The summed E-state index contributed by atoms with van der Waals surface area (Å²) in [6.07, 6.45) is 4.12. The first-order valence-corrected chi connectivity index (χ1v) is 16.7. The van der Waals surface area contributed by atoms with Crippen molar-refractivity contribution in [3.63, 3.8) is 0 Å². The molecule has 0 fully saturated rings. The molecule has 1 unspecified atom stereocenters. The summed E-state index contributed by atoms with van der Waals surface area (Å²) in [4.78, 5) is 0. The predicted molar refractivity (Wildman–Crippen MR) is 157 cm³/mol. The highest BCUT2D eigenvalue weighted by molar-refractivity contribution is 6.74. The van der Waals surface area contributed by atoms with Crippen molar-refractivity contribution < 1.29 is 8.99 Å². The molecule has 198 valence electrons. The lowest BCUT2D eigenvalue weighted by Gasteiger charge is -2.48. The van der Waals surface area contributed by atoms with Gasteiger partial charge in [-0.2, -0.15) is 0 Å². The summed E-state index contributed by atoms with van der Waals surface area (Å²) in [5, 5.41) is 5.21. The molecule has 5 heteroatoms. The van der Waals surface area contributed by atoms with Gasteiger partial charge < -0.3 is 4.43 Å². The number of fused-ring (bicyclic) bond motifs is 1. The molecule has 0 radical (unpaired) electrons. The summed E-state index contributed by atoms with van der Waals surface area (Å²) < 4.78 is 12.2. The summed E-state index contributed by atoms with van der Waals surface area (Å²) in [6, 6.07) is 26.3. The topological polar surface area (TPSA) is 30.9 Å². The number of nitrogens with zero attached hydrogens (tertiary/aromatic N) is 3. The van der Waals surface area contributed by atoms with E-state index in [2.05, 4.69) is 143 Å². The number of benzene rings is 3. The first-order chi connectivity index (χ1) is 17.9. The van der Waals surface area contributed by atoms with Crippen molar-refractivity contribution in [2.75, 3.05) is 0 Å². The van der Waals surface area contributed by atoms with Crippen molar-refractivity contribution in [3.05, 3.63) is 113 Å². The van der Waals surface area contributed by atoms with Gasteiger partial charge in [-0.05, 0) is 67.6 Å². The average molecular weight is 525 g/mol. The van der Waals surface area contributed by atoms with Crippen LogP contribution in [0, 0.1) is 20.8 Å². The van der Waals surface area contributed by atoms with Crippen LogP contribution in [0.4, 0.5) is 0 Å². The van der Waals surface area contributed by atoms with Gasteiger partial charge in [0.25, 0.3) is 5.82 Å². The highest BCUT2D eigenvalue weighted by Gasteiger charge is 2.55. The van der Waals surface area contributed by atoms with E-state index in [9.17, 15) is 0 Å². The molecule has 1 aromatic heterocycles. The summed E-state index contributed by atoms with van der Waals surface area (Å²) in [5.74, 6) is 1.12. The number of aromatic nitrogens is 3. The highest BCUT2D eigenvalue weighted by Crippen LogP contribution is 2.50. The van der Waals surface area contributed by atoms with Crippen LogP contribution in [0.25, 0.3) is 5.69 Å². The lowest BCUT2D eigenvalue weighted by molar-refractivity contribution is -0.730. The molecule has 0 N–H and O–H groups in total. The molecule has 1 aliphatic heterocycles. The van der Waals surface area contributed by atoms with Crippen molar-refractivity contribution in [3.8, 4) is 5.69 Å². The van der Waals surface area contributed by atoms with Crippen LogP contribution in [0.1, 0.15) is 66.9 Å². The van der Waals surface area contributed by atoms with Crippen LogP contribution in [0.2, 0.25) is 18.1 Å².